The summed E-state index contributed by atoms with van der Waals surface area (Å²) in [5.74, 6) is 0.461. The summed E-state index contributed by atoms with van der Waals surface area (Å²) in [6.45, 7) is 6.79. The lowest BCUT2D eigenvalue weighted by Gasteiger charge is -2.31. The van der Waals surface area contributed by atoms with E-state index in [1.165, 1.54) is 0 Å². The Labute approximate surface area is 145 Å². The predicted octanol–water partition coefficient (Wildman–Crippen LogP) is 3.76. The van der Waals surface area contributed by atoms with Gasteiger partial charge in [-0.15, -0.1) is 0 Å². The van der Waals surface area contributed by atoms with E-state index in [4.69, 9.17) is 0 Å². The molecule has 1 fully saturated rings. The molecule has 1 saturated carbocycles. The maximum Gasteiger partial charge on any atom is 0.230 e. The van der Waals surface area contributed by atoms with Crippen molar-refractivity contribution >= 4 is 17.5 Å². The average molecular weight is 330 g/mol. The Morgan fingerprint density at radius 1 is 1.08 bits per heavy atom. The number of hydrogen-bond donors (Lipinski definition) is 1. The molecule has 2 amide bonds. The van der Waals surface area contributed by atoms with E-state index in [2.05, 4.69) is 12.2 Å². The van der Waals surface area contributed by atoms with Crippen LogP contribution in [0.3, 0.4) is 0 Å². The predicted molar refractivity (Wildman–Crippen MR) is 97.8 cm³/mol. The largest absolute Gasteiger partial charge is 0.353 e. The van der Waals surface area contributed by atoms with Crippen LogP contribution >= 0.6 is 0 Å². The number of carbonyl (C=O) groups excluding carboxylic acids is 2. The molecule has 0 radical (unpaired) electrons. The first-order valence-corrected chi connectivity index (χ1v) is 9.23. The maximum absolute atomic E-state index is 12.9. The second-order valence-corrected chi connectivity index (χ2v) is 6.78. The second kappa shape index (κ2) is 8.86. The molecule has 1 aliphatic carbocycles. The fraction of sp³-hybridized carbons (Fsp3) is 0.600. The van der Waals surface area contributed by atoms with Crippen LogP contribution in [0.25, 0.3) is 0 Å². The van der Waals surface area contributed by atoms with Crippen LogP contribution in [0, 0.1) is 11.8 Å². The first-order chi connectivity index (χ1) is 11.6. The Kier molecular flexibility index (Phi) is 6.83. The SMILES string of the molecule is CCC(C)NC(=O)C1CCC(C(=O)N(CC)c2ccccc2)CC1. The van der Waals surface area contributed by atoms with Crippen LogP contribution in [0.15, 0.2) is 30.3 Å². The van der Waals surface area contributed by atoms with Gasteiger partial charge in [0.1, 0.15) is 0 Å². The zero-order valence-corrected chi connectivity index (χ0v) is 15.1. The molecule has 1 aliphatic rings. The first-order valence-electron chi connectivity index (χ1n) is 9.23. The molecular weight excluding hydrogens is 300 g/mol. The van der Waals surface area contributed by atoms with Crippen LogP contribution in [0.5, 0.6) is 0 Å². The topological polar surface area (TPSA) is 49.4 Å². The number of hydrogen-bond acceptors (Lipinski definition) is 2. The summed E-state index contributed by atoms with van der Waals surface area (Å²) in [7, 11) is 0. The molecule has 4 nitrogen and oxygen atoms in total. The van der Waals surface area contributed by atoms with Crippen molar-refractivity contribution in [2.75, 3.05) is 11.4 Å². The molecule has 0 aromatic heterocycles. The Morgan fingerprint density at radius 3 is 2.21 bits per heavy atom. The molecule has 1 aromatic carbocycles. The van der Waals surface area contributed by atoms with Crippen LogP contribution in [-0.4, -0.2) is 24.4 Å². The quantitative estimate of drug-likeness (QED) is 0.863. The van der Waals surface area contributed by atoms with Crippen molar-refractivity contribution in [1.29, 1.82) is 0 Å². The van der Waals surface area contributed by atoms with Gasteiger partial charge in [-0.3, -0.25) is 9.59 Å². The number of para-hydroxylation sites is 1. The molecule has 0 heterocycles. The van der Waals surface area contributed by atoms with E-state index < -0.39 is 0 Å². The second-order valence-electron chi connectivity index (χ2n) is 6.78. The molecule has 1 aromatic rings. The summed E-state index contributed by atoms with van der Waals surface area (Å²) in [6.07, 6.45) is 4.18. The smallest absolute Gasteiger partial charge is 0.230 e. The summed E-state index contributed by atoms with van der Waals surface area (Å²) in [5.41, 5.74) is 0.960. The molecule has 0 aliphatic heterocycles. The first kappa shape index (κ1) is 18.5. The highest BCUT2D eigenvalue weighted by molar-refractivity contribution is 5.95. The van der Waals surface area contributed by atoms with Gasteiger partial charge >= 0.3 is 0 Å². The summed E-state index contributed by atoms with van der Waals surface area (Å²) < 4.78 is 0. The van der Waals surface area contributed by atoms with E-state index in [0.29, 0.717) is 6.54 Å². The molecule has 132 valence electrons. The number of carbonyl (C=O) groups is 2. The molecule has 2 rings (SSSR count). The molecule has 1 atom stereocenters. The summed E-state index contributed by atoms with van der Waals surface area (Å²) in [5, 5.41) is 3.07. The van der Waals surface area contributed by atoms with E-state index in [9.17, 15) is 9.59 Å². The average Bonchev–Trinajstić information content (AvgIpc) is 2.63. The van der Waals surface area contributed by atoms with Crippen LogP contribution in [0.1, 0.15) is 52.9 Å². The van der Waals surface area contributed by atoms with Crippen molar-refractivity contribution in [3.63, 3.8) is 0 Å². The van der Waals surface area contributed by atoms with E-state index in [0.717, 1.165) is 37.8 Å². The molecule has 0 saturated heterocycles. The molecule has 1 unspecified atom stereocenters. The Morgan fingerprint density at radius 2 is 1.67 bits per heavy atom. The summed E-state index contributed by atoms with van der Waals surface area (Å²) in [6, 6.07) is 10.1. The van der Waals surface area contributed by atoms with Gasteiger partial charge in [0.2, 0.25) is 11.8 Å². The van der Waals surface area contributed by atoms with Crippen molar-refractivity contribution in [3.05, 3.63) is 30.3 Å². The third-order valence-electron chi connectivity index (χ3n) is 5.10. The molecular formula is C20H30N2O2. The lowest BCUT2D eigenvalue weighted by Crippen LogP contribution is -2.41. The Bertz CT molecular complexity index is 536. The zero-order chi connectivity index (χ0) is 17.5. The fourth-order valence-corrected chi connectivity index (χ4v) is 3.36. The van der Waals surface area contributed by atoms with Gasteiger partial charge in [-0.05, 0) is 58.1 Å². The van der Waals surface area contributed by atoms with Crippen molar-refractivity contribution in [2.45, 2.75) is 58.9 Å². The van der Waals surface area contributed by atoms with E-state index >= 15 is 0 Å². The number of amides is 2. The number of benzene rings is 1. The monoisotopic (exact) mass is 330 g/mol. The minimum absolute atomic E-state index is 0.0396. The van der Waals surface area contributed by atoms with Gasteiger partial charge in [0, 0.05) is 30.1 Å². The van der Waals surface area contributed by atoms with Crippen molar-refractivity contribution < 1.29 is 9.59 Å². The summed E-state index contributed by atoms with van der Waals surface area (Å²) >= 11 is 0. The fourth-order valence-electron chi connectivity index (χ4n) is 3.36. The van der Waals surface area contributed by atoms with Gasteiger partial charge in [0.15, 0.2) is 0 Å². The number of nitrogens with one attached hydrogen (secondary N) is 1. The standard InChI is InChI=1S/C20H30N2O2/c1-4-15(3)21-19(23)16-11-13-17(14-12-16)20(24)22(5-2)18-9-7-6-8-10-18/h6-10,15-17H,4-5,11-14H2,1-3H3,(H,21,23). The molecule has 0 spiro atoms. The minimum atomic E-state index is 0.0396. The number of nitrogens with zero attached hydrogens (tertiary/aromatic N) is 1. The van der Waals surface area contributed by atoms with Gasteiger partial charge in [-0.2, -0.15) is 0 Å². The van der Waals surface area contributed by atoms with Crippen LogP contribution in [0.2, 0.25) is 0 Å². The van der Waals surface area contributed by atoms with Gasteiger partial charge in [0.05, 0.1) is 0 Å². The lowest BCUT2D eigenvalue weighted by atomic mass is 9.80. The normalized spacial score (nSPS) is 21.8. The Balaban J connectivity index is 1.91. The van der Waals surface area contributed by atoms with Crippen molar-refractivity contribution in [2.24, 2.45) is 11.8 Å². The van der Waals surface area contributed by atoms with Gasteiger partial charge in [0.25, 0.3) is 0 Å². The van der Waals surface area contributed by atoms with Crippen molar-refractivity contribution in [3.8, 4) is 0 Å². The highest BCUT2D eigenvalue weighted by Crippen LogP contribution is 2.31. The van der Waals surface area contributed by atoms with Gasteiger partial charge in [-0.1, -0.05) is 25.1 Å². The highest BCUT2D eigenvalue weighted by Gasteiger charge is 2.32. The van der Waals surface area contributed by atoms with Gasteiger partial charge < -0.3 is 10.2 Å². The highest BCUT2D eigenvalue weighted by atomic mass is 16.2. The van der Waals surface area contributed by atoms with Gasteiger partial charge in [-0.25, -0.2) is 0 Å². The van der Waals surface area contributed by atoms with Crippen LogP contribution in [0.4, 0.5) is 5.69 Å². The maximum atomic E-state index is 12.9. The molecule has 1 N–H and O–H groups in total. The van der Waals surface area contributed by atoms with Crippen molar-refractivity contribution in [1.82, 2.24) is 5.32 Å². The van der Waals surface area contributed by atoms with E-state index in [-0.39, 0.29) is 29.7 Å². The number of rotatable bonds is 6. The molecule has 24 heavy (non-hydrogen) atoms. The molecule has 0 bridgehead atoms. The Hall–Kier alpha value is -1.84. The molecule has 4 heteroatoms. The number of anilines is 1. The third kappa shape index (κ3) is 4.59. The van der Waals surface area contributed by atoms with E-state index in [1.54, 1.807) is 0 Å². The van der Waals surface area contributed by atoms with Crippen LogP contribution in [-0.2, 0) is 9.59 Å². The van der Waals surface area contributed by atoms with E-state index in [1.807, 2.05) is 49.1 Å². The zero-order valence-electron chi connectivity index (χ0n) is 15.1. The third-order valence-corrected chi connectivity index (χ3v) is 5.10. The van der Waals surface area contributed by atoms with Crippen LogP contribution < -0.4 is 10.2 Å². The summed E-state index contributed by atoms with van der Waals surface area (Å²) in [4.78, 5) is 27.0. The lowest BCUT2D eigenvalue weighted by molar-refractivity contribution is -0.129. The minimum Gasteiger partial charge on any atom is -0.353 e.